The highest BCUT2D eigenvalue weighted by molar-refractivity contribution is 6.37. The van der Waals surface area contributed by atoms with Crippen LogP contribution in [0.15, 0.2) is 48.2 Å². The predicted octanol–water partition coefficient (Wildman–Crippen LogP) is 4.97. The molecule has 0 aliphatic carbocycles. The van der Waals surface area contributed by atoms with Gasteiger partial charge < -0.3 is 29.4 Å². The summed E-state index contributed by atoms with van der Waals surface area (Å²) in [7, 11) is 0. The first-order valence-electron chi connectivity index (χ1n) is 14.5. The summed E-state index contributed by atoms with van der Waals surface area (Å²) in [5.74, 6) is -0.922. The minimum atomic E-state index is -0.621. The average molecular weight is 615 g/mol. The van der Waals surface area contributed by atoms with Crippen molar-refractivity contribution in [2.45, 2.75) is 40.4 Å². The number of hydrogen-bond donors (Lipinski definition) is 2. The first kappa shape index (κ1) is 32.6. The van der Waals surface area contributed by atoms with Gasteiger partial charge in [-0.3, -0.25) is 14.4 Å². The van der Waals surface area contributed by atoms with E-state index in [0.29, 0.717) is 60.4 Å². The lowest BCUT2D eigenvalue weighted by molar-refractivity contribution is -0.175. The van der Waals surface area contributed by atoms with Gasteiger partial charge in [-0.2, -0.15) is 0 Å². The fourth-order valence-electron chi connectivity index (χ4n) is 5.41. The van der Waals surface area contributed by atoms with Crippen molar-refractivity contribution < 1.29 is 38.4 Å². The van der Waals surface area contributed by atoms with E-state index in [4.69, 9.17) is 35.7 Å². The van der Waals surface area contributed by atoms with E-state index in [1.807, 2.05) is 13.0 Å². The topological polar surface area (TPSA) is 124 Å². The first-order chi connectivity index (χ1) is 20.7. The Hall–Kier alpha value is -3.28. The molecule has 0 fully saturated rings. The van der Waals surface area contributed by atoms with Gasteiger partial charge >= 0.3 is 0 Å². The molecule has 3 amide bonds. The van der Waals surface area contributed by atoms with Gasteiger partial charge in [0.2, 0.25) is 6.29 Å². The lowest BCUT2D eigenvalue weighted by Gasteiger charge is -2.38. The molecule has 2 aliphatic heterocycles. The molecule has 0 saturated carbocycles. The number of halogens is 1. The molecule has 2 heterocycles. The average Bonchev–Trinajstić information content (AvgIpc) is 3.21. The van der Waals surface area contributed by atoms with Crippen LogP contribution in [0.25, 0.3) is 0 Å². The van der Waals surface area contributed by atoms with Gasteiger partial charge in [0.1, 0.15) is 0 Å². The van der Waals surface area contributed by atoms with E-state index >= 15 is 0 Å². The second-order valence-corrected chi connectivity index (χ2v) is 11.2. The third-order valence-electron chi connectivity index (χ3n) is 7.50. The molecule has 2 aliphatic rings. The Morgan fingerprint density at radius 1 is 1.05 bits per heavy atom. The Kier molecular flexibility index (Phi) is 11.3. The van der Waals surface area contributed by atoms with Crippen molar-refractivity contribution in [3.63, 3.8) is 0 Å². The van der Waals surface area contributed by atoms with Crippen LogP contribution in [0, 0.1) is 24.7 Å². The maximum Gasteiger partial charge on any atom is 0.290 e. The minimum absolute atomic E-state index is 0.00623. The number of imide groups is 1. The number of carbonyl (C=O) groups is 3. The molecule has 0 spiro atoms. The van der Waals surface area contributed by atoms with Crippen LogP contribution in [0.4, 0.5) is 11.4 Å². The van der Waals surface area contributed by atoms with Crippen LogP contribution in [0.5, 0.6) is 0 Å². The van der Waals surface area contributed by atoms with Crippen LogP contribution >= 0.6 is 11.6 Å². The number of benzene rings is 2. The van der Waals surface area contributed by atoms with Gasteiger partial charge in [-0.25, -0.2) is 4.90 Å². The summed E-state index contributed by atoms with van der Waals surface area (Å²) < 4.78 is 23.0. The number of nitrogens with zero attached hydrogens (tertiary/aromatic N) is 1. The van der Waals surface area contributed by atoms with Gasteiger partial charge in [0.25, 0.3) is 17.7 Å². The molecular formula is C32H39ClN2O8. The van der Waals surface area contributed by atoms with Crippen LogP contribution in [-0.2, 0) is 23.7 Å². The first-order valence-corrected chi connectivity index (χ1v) is 14.9. The molecule has 0 unspecified atom stereocenters. The molecule has 0 bridgehead atoms. The summed E-state index contributed by atoms with van der Waals surface area (Å²) in [6.45, 7) is 9.81. The fourth-order valence-corrected chi connectivity index (χ4v) is 5.58. The number of anilines is 2. The fraction of sp³-hybridized carbons (Fsp3) is 0.469. The summed E-state index contributed by atoms with van der Waals surface area (Å²) in [5, 5.41) is 12.1. The Labute approximate surface area is 256 Å². The smallest absolute Gasteiger partial charge is 0.290 e. The monoisotopic (exact) mass is 614 g/mol. The molecule has 43 heavy (non-hydrogen) atoms. The zero-order chi connectivity index (χ0) is 31.1. The van der Waals surface area contributed by atoms with E-state index in [1.54, 1.807) is 37.3 Å². The number of aliphatic hydroxyl groups excluding tert-OH is 1. The van der Waals surface area contributed by atoms with Crippen molar-refractivity contribution in [2.24, 2.45) is 17.8 Å². The summed E-state index contributed by atoms with van der Waals surface area (Å²) >= 11 is 6.04. The highest BCUT2D eigenvalue weighted by atomic mass is 35.5. The summed E-state index contributed by atoms with van der Waals surface area (Å²) in [4.78, 5) is 40.5. The minimum Gasteiger partial charge on any atom is -0.459 e. The third-order valence-corrected chi connectivity index (χ3v) is 7.74. The maximum atomic E-state index is 13.4. The van der Waals surface area contributed by atoms with E-state index < -0.39 is 24.0 Å². The van der Waals surface area contributed by atoms with Gasteiger partial charge in [0, 0.05) is 29.8 Å². The summed E-state index contributed by atoms with van der Waals surface area (Å²) in [6, 6.07) is 9.60. The lowest BCUT2D eigenvalue weighted by Crippen LogP contribution is -2.40. The maximum absolute atomic E-state index is 13.4. The Morgan fingerprint density at radius 2 is 1.77 bits per heavy atom. The van der Waals surface area contributed by atoms with E-state index in [1.165, 1.54) is 6.07 Å². The van der Waals surface area contributed by atoms with Crippen molar-refractivity contribution in [2.75, 3.05) is 49.9 Å². The number of allylic oxidation sites excluding steroid dienone is 1. The van der Waals surface area contributed by atoms with Crippen LogP contribution in [-0.4, -0.2) is 68.8 Å². The molecule has 0 aromatic heterocycles. The zero-order valence-electron chi connectivity index (χ0n) is 24.9. The Morgan fingerprint density at radius 3 is 2.44 bits per heavy atom. The highest BCUT2D eigenvalue weighted by Gasteiger charge is 2.39. The van der Waals surface area contributed by atoms with Gasteiger partial charge in [0.05, 0.1) is 43.2 Å². The van der Waals surface area contributed by atoms with Crippen molar-refractivity contribution in [1.82, 2.24) is 0 Å². The normalized spacial score (nSPS) is 19.8. The number of carbonyl (C=O) groups excluding carboxylic acids is 3. The number of aryl methyl sites for hydroxylation is 1. The van der Waals surface area contributed by atoms with Gasteiger partial charge in [-0.15, -0.1) is 0 Å². The van der Waals surface area contributed by atoms with Gasteiger partial charge in [-0.1, -0.05) is 25.4 Å². The molecule has 11 heteroatoms. The Balaban J connectivity index is 1.45. The van der Waals surface area contributed by atoms with Gasteiger partial charge in [0.15, 0.2) is 5.76 Å². The van der Waals surface area contributed by atoms with Crippen LogP contribution < -0.4 is 10.2 Å². The van der Waals surface area contributed by atoms with E-state index in [0.717, 1.165) is 4.90 Å². The van der Waals surface area contributed by atoms with Gasteiger partial charge in [-0.05, 0) is 80.1 Å². The summed E-state index contributed by atoms with van der Waals surface area (Å²) in [6.07, 6.45) is 1.91. The molecule has 10 nitrogen and oxygen atoms in total. The molecule has 4 rings (SSSR count). The molecule has 3 atom stereocenters. The molecule has 2 aromatic rings. The number of fused-ring (bicyclic) bond motifs is 1. The number of ether oxygens (including phenoxy) is 4. The highest BCUT2D eigenvalue weighted by Crippen LogP contribution is 2.37. The number of nitrogens with one attached hydrogen (secondary N) is 1. The molecule has 0 saturated heterocycles. The van der Waals surface area contributed by atoms with Crippen LogP contribution in [0.2, 0.25) is 5.02 Å². The van der Waals surface area contributed by atoms with E-state index in [9.17, 15) is 14.4 Å². The van der Waals surface area contributed by atoms with Crippen molar-refractivity contribution >= 4 is 40.7 Å². The van der Waals surface area contributed by atoms with E-state index in [-0.39, 0.29) is 42.3 Å². The summed E-state index contributed by atoms with van der Waals surface area (Å²) in [5.41, 5.74) is 2.10. The number of hydrogen-bond acceptors (Lipinski definition) is 8. The molecule has 0 radical (unpaired) electrons. The van der Waals surface area contributed by atoms with Crippen molar-refractivity contribution in [1.29, 1.82) is 0 Å². The van der Waals surface area contributed by atoms with E-state index in [2.05, 4.69) is 19.2 Å². The third kappa shape index (κ3) is 7.63. The second kappa shape index (κ2) is 14.9. The number of aliphatic hydroxyl groups is 1. The largest absolute Gasteiger partial charge is 0.459 e. The molecule has 2 N–H and O–H groups in total. The predicted molar refractivity (Wildman–Crippen MR) is 162 cm³/mol. The zero-order valence-corrected chi connectivity index (χ0v) is 25.7. The Bertz CT molecular complexity index is 1360. The lowest BCUT2D eigenvalue weighted by atomic mass is 9.79. The second-order valence-electron chi connectivity index (χ2n) is 10.8. The molecule has 232 valence electrons. The molecular weight excluding hydrogens is 576 g/mol. The number of amides is 3. The van der Waals surface area contributed by atoms with Crippen LogP contribution in [0.1, 0.15) is 53.5 Å². The van der Waals surface area contributed by atoms with Crippen molar-refractivity contribution in [3.05, 3.63) is 69.9 Å². The van der Waals surface area contributed by atoms with Crippen LogP contribution in [0.3, 0.4) is 0 Å². The SMILES string of the molecule is CCO[C@H]1OC(C(=O)Nc2ccc(N3C(=O)c4ccc(Cl)cc4C3=O)c(C)c2)=C[C@@H](C(C)C)[C@@H]1CCOCCOCCO. The number of rotatable bonds is 14. The molecule has 2 aromatic carbocycles. The standard InChI is InChI=1S/C32H39ClN2O8/c1-5-42-32-24(10-12-40-14-15-41-13-11-36)25(19(2)3)18-28(43-32)29(37)34-22-7-9-27(20(4)16-22)35-30(38)23-8-6-21(33)17-26(23)31(35)39/h6-9,16-19,24-25,32,36H,5,10-15H2,1-4H3,(H,34,37)/t24-,25-,32-/m0/s1. The quantitative estimate of drug-likeness (QED) is 0.226. The van der Waals surface area contributed by atoms with Crippen molar-refractivity contribution in [3.8, 4) is 0 Å².